The number of unbranched alkanes of at least 4 members (excludes halogenated alkanes) is 3. The minimum absolute atomic E-state index is 0.0396. The third-order valence-electron chi connectivity index (χ3n) is 3.44. The van der Waals surface area contributed by atoms with Gasteiger partial charge in [-0.25, -0.2) is 0 Å². The molecule has 0 fully saturated rings. The molecule has 0 saturated carbocycles. The van der Waals surface area contributed by atoms with Gasteiger partial charge in [-0.05, 0) is 32.6 Å². The first-order valence-corrected chi connectivity index (χ1v) is 7.43. The predicted octanol–water partition coefficient (Wildman–Crippen LogP) is 4.88. The molecule has 0 rings (SSSR count). The summed E-state index contributed by atoms with van der Waals surface area (Å²) in [6.45, 7) is 8.94. The van der Waals surface area contributed by atoms with Crippen molar-refractivity contribution in [2.24, 2.45) is 5.41 Å². The van der Waals surface area contributed by atoms with Gasteiger partial charge in [0, 0.05) is 0 Å². The van der Waals surface area contributed by atoms with Crippen LogP contribution in [-0.2, 0) is 9.53 Å². The van der Waals surface area contributed by atoms with Crippen LogP contribution in [0, 0.1) is 5.41 Å². The Balaban J connectivity index is 4.13. The number of hydrogen-bond acceptors (Lipinski definition) is 2. The summed E-state index contributed by atoms with van der Waals surface area (Å²) < 4.78 is 5.38. The molecule has 0 aliphatic heterocycles. The van der Waals surface area contributed by atoms with E-state index in [1.165, 1.54) is 0 Å². The van der Waals surface area contributed by atoms with Crippen LogP contribution >= 0.6 is 0 Å². The van der Waals surface area contributed by atoms with Gasteiger partial charge in [-0.15, -0.1) is 0 Å². The van der Waals surface area contributed by atoms with E-state index in [4.69, 9.17) is 4.74 Å². The normalized spacial score (nSPS) is 14.7. The second kappa shape index (κ2) is 10.2. The molecule has 0 aliphatic rings. The Morgan fingerprint density at radius 3 is 2.39 bits per heavy atom. The number of hydrogen-bond donors (Lipinski definition) is 0. The van der Waals surface area contributed by atoms with E-state index >= 15 is 0 Å². The summed E-state index contributed by atoms with van der Waals surface area (Å²) >= 11 is 0. The molecule has 0 heterocycles. The van der Waals surface area contributed by atoms with Crippen molar-refractivity contribution in [1.82, 2.24) is 0 Å². The standard InChI is InChI=1S/C16H30O2/c1-5-8-10-11-13-16(4,7-3)15(17)18-14-12-9-6-2/h10-11H,5-9,12-14H2,1-4H3. The highest BCUT2D eigenvalue weighted by molar-refractivity contribution is 5.76. The molecule has 0 aromatic carbocycles. The minimum Gasteiger partial charge on any atom is -0.465 e. The Bertz CT molecular complexity index is 245. The highest BCUT2D eigenvalue weighted by atomic mass is 16.5. The van der Waals surface area contributed by atoms with Gasteiger partial charge in [0.25, 0.3) is 0 Å². The number of allylic oxidation sites excluding steroid dienone is 2. The Hall–Kier alpha value is -0.790. The lowest BCUT2D eigenvalue weighted by molar-refractivity contribution is -0.155. The molecule has 0 amide bonds. The van der Waals surface area contributed by atoms with Crippen LogP contribution in [0.25, 0.3) is 0 Å². The van der Waals surface area contributed by atoms with Crippen LogP contribution in [-0.4, -0.2) is 12.6 Å². The molecular weight excluding hydrogens is 224 g/mol. The molecule has 2 nitrogen and oxygen atoms in total. The van der Waals surface area contributed by atoms with Crippen molar-refractivity contribution in [1.29, 1.82) is 0 Å². The first kappa shape index (κ1) is 17.2. The second-order valence-corrected chi connectivity index (χ2v) is 5.22. The van der Waals surface area contributed by atoms with E-state index in [9.17, 15) is 4.79 Å². The Morgan fingerprint density at radius 1 is 1.11 bits per heavy atom. The highest BCUT2D eigenvalue weighted by Gasteiger charge is 2.31. The third kappa shape index (κ3) is 6.83. The van der Waals surface area contributed by atoms with Crippen molar-refractivity contribution in [2.45, 2.75) is 72.6 Å². The van der Waals surface area contributed by atoms with Crippen molar-refractivity contribution < 1.29 is 9.53 Å². The van der Waals surface area contributed by atoms with Crippen molar-refractivity contribution in [3.05, 3.63) is 12.2 Å². The molecule has 106 valence electrons. The lowest BCUT2D eigenvalue weighted by atomic mass is 9.84. The molecule has 0 saturated heterocycles. The zero-order valence-electron chi connectivity index (χ0n) is 12.6. The fourth-order valence-corrected chi connectivity index (χ4v) is 1.69. The average molecular weight is 254 g/mol. The maximum atomic E-state index is 12.1. The molecule has 0 aromatic rings. The number of rotatable bonds is 10. The first-order valence-electron chi connectivity index (χ1n) is 7.43. The smallest absolute Gasteiger partial charge is 0.312 e. The van der Waals surface area contributed by atoms with Crippen molar-refractivity contribution in [2.75, 3.05) is 6.61 Å². The summed E-state index contributed by atoms with van der Waals surface area (Å²) in [5.41, 5.74) is -0.351. The van der Waals surface area contributed by atoms with E-state index in [0.29, 0.717) is 6.61 Å². The molecule has 1 atom stereocenters. The summed E-state index contributed by atoms with van der Waals surface area (Å²) in [5, 5.41) is 0. The van der Waals surface area contributed by atoms with E-state index in [-0.39, 0.29) is 11.4 Å². The molecule has 0 aromatic heterocycles. The molecule has 18 heavy (non-hydrogen) atoms. The zero-order valence-corrected chi connectivity index (χ0v) is 12.6. The summed E-state index contributed by atoms with van der Waals surface area (Å²) in [7, 11) is 0. The van der Waals surface area contributed by atoms with E-state index in [1.54, 1.807) is 0 Å². The van der Waals surface area contributed by atoms with Crippen molar-refractivity contribution in [3.8, 4) is 0 Å². The summed E-state index contributed by atoms with van der Waals surface area (Å²) in [6.07, 6.45) is 11.4. The van der Waals surface area contributed by atoms with Crippen LogP contribution < -0.4 is 0 Å². The van der Waals surface area contributed by atoms with Gasteiger partial charge in [0.2, 0.25) is 0 Å². The highest BCUT2D eigenvalue weighted by Crippen LogP contribution is 2.28. The molecule has 0 radical (unpaired) electrons. The fraction of sp³-hybridized carbons (Fsp3) is 0.812. The maximum Gasteiger partial charge on any atom is 0.312 e. The van der Waals surface area contributed by atoms with E-state index in [0.717, 1.165) is 44.9 Å². The van der Waals surface area contributed by atoms with Gasteiger partial charge in [0.15, 0.2) is 0 Å². The van der Waals surface area contributed by atoms with Crippen LogP contribution in [0.5, 0.6) is 0 Å². The van der Waals surface area contributed by atoms with E-state index in [1.807, 2.05) is 6.92 Å². The largest absolute Gasteiger partial charge is 0.465 e. The summed E-state index contributed by atoms with van der Waals surface area (Å²) in [4.78, 5) is 12.1. The Labute approximate surface area is 113 Å². The number of esters is 1. The van der Waals surface area contributed by atoms with E-state index < -0.39 is 0 Å². The molecule has 1 unspecified atom stereocenters. The molecule has 2 heteroatoms. The molecule has 0 spiro atoms. The predicted molar refractivity (Wildman–Crippen MR) is 77.5 cm³/mol. The topological polar surface area (TPSA) is 26.3 Å². The van der Waals surface area contributed by atoms with Gasteiger partial charge >= 0.3 is 5.97 Å². The maximum absolute atomic E-state index is 12.1. The molecule has 0 bridgehead atoms. The van der Waals surface area contributed by atoms with E-state index in [2.05, 4.69) is 32.9 Å². The van der Waals surface area contributed by atoms with Crippen LogP contribution in [0.3, 0.4) is 0 Å². The third-order valence-corrected chi connectivity index (χ3v) is 3.44. The second-order valence-electron chi connectivity index (χ2n) is 5.22. The minimum atomic E-state index is -0.351. The van der Waals surface area contributed by atoms with Crippen molar-refractivity contribution >= 4 is 5.97 Å². The molecular formula is C16H30O2. The zero-order chi connectivity index (χ0) is 13.9. The Kier molecular flexibility index (Phi) is 9.72. The summed E-state index contributed by atoms with van der Waals surface area (Å²) in [5.74, 6) is -0.0396. The van der Waals surface area contributed by atoms with Crippen molar-refractivity contribution in [3.63, 3.8) is 0 Å². The number of carbonyl (C=O) groups is 1. The van der Waals surface area contributed by atoms with Gasteiger partial charge < -0.3 is 4.74 Å². The monoisotopic (exact) mass is 254 g/mol. The SMILES string of the molecule is CCCC=CCC(C)(CC)C(=O)OCCCCC. The fourth-order valence-electron chi connectivity index (χ4n) is 1.69. The van der Waals surface area contributed by atoms with Crippen LogP contribution in [0.4, 0.5) is 0 Å². The molecule has 0 aliphatic carbocycles. The van der Waals surface area contributed by atoms with Gasteiger partial charge in [-0.3, -0.25) is 4.79 Å². The van der Waals surface area contributed by atoms with Gasteiger partial charge in [-0.2, -0.15) is 0 Å². The number of ether oxygens (including phenoxy) is 1. The quantitative estimate of drug-likeness (QED) is 0.315. The Morgan fingerprint density at radius 2 is 1.83 bits per heavy atom. The summed E-state index contributed by atoms with van der Waals surface area (Å²) in [6, 6.07) is 0. The lowest BCUT2D eigenvalue weighted by Crippen LogP contribution is -2.29. The van der Waals surface area contributed by atoms with Crippen LogP contribution in [0.1, 0.15) is 72.6 Å². The van der Waals surface area contributed by atoms with Crippen LogP contribution in [0.15, 0.2) is 12.2 Å². The van der Waals surface area contributed by atoms with Gasteiger partial charge in [0.1, 0.15) is 0 Å². The van der Waals surface area contributed by atoms with Gasteiger partial charge in [0.05, 0.1) is 12.0 Å². The average Bonchev–Trinajstić information content (AvgIpc) is 2.39. The number of carbonyl (C=O) groups excluding carboxylic acids is 1. The van der Waals surface area contributed by atoms with Gasteiger partial charge in [-0.1, -0.05) is 52.2 Å². The first-order chi connectivity index (χ1) is 8.60. The lowest BCUT2D eigenvalue weighted by Gasteiger charge is -2.24. The molecule has 0 N–H and O–H groups in total. The van der Waals surface area contributed by atoms with Crippen LogP contribution in [0.2, 0.25) is 0 Å².